The summed E-state index contributed by atoms with van der Waals surface area (Å²) in [5, 5.41) is 8.83. The molecule has 2 aliphatic rings. The average Bonchev–Trinajstić information content (AvgIpc) is 2.24. The number of carboxylic acid groups (broad SMARTS) is 1. The molecule has 1 aromatic carbocycles. The lowest BCUT2D eigenvalue weighted by atomic mass is 9.94. The van der Waals surface area contributed by atoms with Gasteiger partial charge in [0.1, 0.15) is 0 Å². The van der Waals surface area contributed by atoms with E-state index in [0.29, 0.717) is 6.04 Å². The fourth-order valence-corrected chi connectivity index (χ4v) is 2.71. The van der Waals surface area contributed by atoms with Crippen molar-refractivity contribution in [2.45, 2.75) is 12.6 Å². The minimum Gasteiger partial charge on any atom is -0.481 e. The van der Waals surface area contributed by atoms with Crippen LogP contribution >= 0.6 is 0 Å². The Morgan fingerprint density at radius 2 is 1.83 bits per heavy atom. The fourth-order valence-electron chi connectivity index (χ4n) is 2.71. The van der Waals surface area contributed by atoms with Crippen molar-refractivity contribution in [3.8, 4) is 0 Å². The van der Waals surface area contributed by atoms with Crippen LogP contribution < -0.4 is 0 Å². The number of aliphatic carboxylic acids is 1. The fraction of sp³-hybridized carbons (Fsp3) is 0.500. The number of rotatable bonds is 4. The first kappa shape index (κ1) is 11.7. The minimum atomic E-state index is -0.647. The van der Waals surface area contributed by atoms with Crippen LogP contribution in [0, 0.1) is 5.92 Å². The molecule has 0 saturated carbocycles. The van der Waals surface area contributed by atoms with Crippen molar-refractivity contribution in [2.24, 2.45) is 5.92 Å². The highest BCUT2D eigenvalue weighted by atomic mass is 16.4. The molecule has 3 rings (SSSR count). The Morgan fingerprint density at radius 1 is 1.17 bits per heavy atom. The summed E-state index contributed by atoms with van der Waals surface area (Å²) in [6.07, 6.45) is 0. The second kappa shape index (κ2) is 4.71. The Balaban J connectivity index is 1.41. The molecule has 2 saturated heterocycles. The number of hydrogen-bond donors (Lipinski definition) is 1. The van der Waals surface area contributed by atoms with E-state index in [9.17, 15) is 4.79 Å². The maximum absolute atomic E-state index is 10.7. The van der Waals surface area contributed by atoms with Gasteiger partial charge in [-0.25, -0.2) is 0 Å². The van der Waals surface area contributed by atoms with Crippen LogP contribution in [-0.2, 0) is 11.3 Å². The Bertz CT molecular complexity index is 423. The van der Waals surface area contributed by atoms with E-state index in [1.165, 1.54) is 5.56 Å². The zero-order valence-electron chi connectivity index (χ0n) is 10.3. The summed E-state index contributed by atoms with van der Waals surface area (Å²) in [6.45, 7) is 4.62. The first-order valence-electron chi connectivity index (χ1n) is 6.45. The number of carbonyl (C=O) groups is 1. The summed E-state index contributed by atoms with van der Waals surface area (Å²) >= 11 is 0. The van der Waals surface area contributed by atoms with E-state index in [0.717, 1.165) is 32.7 Å². The molecular weight excluding hydrogens is 228 g/mol. The predicted octanol–water partition coefficient (Wildman–Crippen LogP) is 0.887. The van der Waals surface area contributed by atoms with Gasteiger partial charge in [-0.1, -0.05) is 30.3 Å². The highest BCUT2D eigenvalue weighted by Gasteiger charge is 2.41. The molecule has 2 fully saturated rings. The molecule has 4 heteroatoms. The van der Waals surface area contributed by atoms with Crippen LogP contribution in [0.15, 0.2) is 30.3 Å². The predicted molar refractivity (Wildman–Crippen MR) is 68.2 cm³/mol. The molecule has 0 atom stereocenters. The van der Waals surface area contributed by atoms with Crippen LogP contribution in [0.5, 0.6) is 0 Å². The Labute approximate surface area is 107 Å². The van der Waals surface area contributed by atoms with Gasteiger partial charge in [0.05, 0.1) is 5.92 Å². The summed E-state index contributed by atoms with van der Waals surface area (Å²) in [4.78, 5) is 15.4. The van der Waals surface area contributed by atoms with E-state index in [-0.39, 0.29) is 5.92 Å². The maximum Gasteiger partial charge on any atom is 0.309 e. The number of hydrogen-bond acceptors (Lipinski definition) is 3. The third-order valence-electron chi connectivity index (χ3n) is 3.96. The molecule has 0 aromatic heterocycles. The van der Waals surface area contributed by atoms with E-state index in [1.54, 1.807) is 0 Å². The molecule has 0 aliphatic carbocycles. The number of nitrogens with zero attached hydrogens (tertiary/aromatic N) is 2. The van der Waals surface area contributed by atoms with Crippen LogP contribution in [0.4, 0.5) is 0 Å². The second-order valence-electron chi connectivity index (χ2n) is 5.32. The van der Waals surface area contributed by atoms with Crippen molar-refractivity contribution in [1.82, 2.24) is 9.80 Å². The van der Waals surface area contributed by atoms with E-state index >= 15 is 0 Å². The molecule has 2 heterocycles. The van der Waals surface area contributed by atoms with Crippen LogP contribution in [0.2, 0.25) is 0 Å². The lowest BCUT2D eigenvalue weighted by Crippen LogP contribution is -2.65. The Morgan fingerprint density at radius 3 is 2.44 bits per heavy atom. The van der Waals surface area contributed by atoms with Gasteiger partial charge < -0.3 is 5.11 Å². The molecule has 1 N–H and O–H groups in total. The quantitative estimate of drug-likeness (QED) is 0.857. The Kier molecular flexibility index (Phi) is 3.06. The SMILES string of the molecule is O=C(O)C1CN(C2CN(Cc3ccccc3)C2)C1. The third kappa shape index (κ3) is 2.26. The zero-order chi connectivity index (χ0) is 12.5. The first-order valence-corrected chi connectivity index (χ1v) is 6.45. The Hall–Kier alpha value is -1.39. The molecule has 0 bridgehead atoms. The first-order chi connectivity index (χ1) is 8.72. The monoisotopic (exact) mass is 246 g/mol. The van der Waals surface area contributed by atoms with Crippen LogP contribution in [0.25, 0.3) is 0 Å². The van der Waals surface area contributed by atoms with Gasteiger partial charge in [-0.15, -0.1) is 0 Å². The molecule has 2 aliphatic heterocycles. The van der Waals surface area contributed by atoms with E-state index in [2.05, 4.69) is 34.1 Å². The van der Waals surface area contributed by atoms with Crippen LogP contribution in [-0.4, -0.2) is 53.1 Å². The molecule has 0 amide bonds. The molecule has 4 nitrogen and oxygen atoms in total. The topological polar surface area (TPSA) is 43.8 Å². The number of benzene rings is 1. The van der Waals surface area contributed by atoms with Crippen LogP contribution in [0.1, 0.15) is 5.56 Å². The summed E-state index contributed by atoms with van der Waals surface area (Å²) in [5.74, 6) is -0.778. The van der Waals surface area contributed by atoms with Gasteiger partial charge >= 0.3 is 5.97 Å². The summed E-state index contributed by atoms with van der Waals surface area (Å²) in [6, 6.07) is 11.0. The summed E-state index contributed by atoms with van der Waals surface area (Å²) in [5.41, 5.74) is 1.35. The lowest BCUT2D eigenvalue weighted by molar-refractivity contribution is -0.150. The van der Waals surface area contributed by atoms with Crippen molar-refractivity contribution in [2.75, 3.05) is 26.2 Å². The molecule has 0 unspecified atom stereocenters. The highest BCUT2D eigenvalue weighted by Crippen LogP contribution is 2.25. The van der Waals surface area contributed by atoms with Gasteiger partial charge in [-0.3, -0.25) is 14.6 Å². The molecule has 0 radical (unpaired) electrons. The van der Waals surface area contributed by atoms with Gasteiger partial charge in [-0.2, -0.15) is 0 Å². The van der Waals surface area contributed by atoms with Crippen molar-refractivity contribution in [3.63, 3.8) is 0 Å². The molecular formula is C14H18N2O2. The smallest absolute Gasteiger partial charge is 0.309 e. The third-order valence-corrected chi connectivity index (χ3v) is 3.96. The number of carboxylic acids is 1. The van der Waals surface area contributed by atoms with Gasteiger partial charge in [0.25, 0.3) is 0 Å². The normalized spacial score (nSPS) is 22.4. The van der Waals surface area contributed by atoms with Gasteiger partial charge in [-0.05, 0) is 5.56 Å². The zero-order valence-corrected chi connectivity index (χ0v) is 10.3. The molecule has 0 spiro atoms. The van der Waals surface area contributed by atoms with E-state index < -0.39 is 5.97 Å². The summed E-state index contributed by atoms with van der Waals surface area (Å²) in [7, 11) is 0. The van der Waals surface area contributed by atoms with Crippen molar-refractivity contribution < 1.29 is 9.90 Å². The lowest BCUT2D eigenvalue weighted by Gasteiger charge is -2.51. The second-order valence-corrected chi connectivity index (χ2v) is 5.32. The maximum atomic E-state index is 10.7. The van der Waals surface area contributed by atoms with Gasteiger partial charge in [0.15, 0.2) is 0 Å². The minimum absolute atomic E-state index is 0.131. The number of likely N-dealkylation sites (tertiary alicyclic amines) is 2. The van der Waals surface area contributed by atoms with Crippen LogP contribution in [0.3, 0.4) is 0 Å². The van der Waals surface area contributed by atoms with E-state index in [4.69, 9.17) is 5.11 Å². The van der Waals surface area contributed by atoms with Crippen molar-refractivity contribution in [1.29, 1.82) is 0 Å². The standard InChI is InChI=1S/C14H18N2O2/c17-14(18)12-7-16(8-12)13-9-15(10-13)6-11-4-2-1-3-5-11/h1-5,12-13H,6-10H2,(H,17,18). The summed E-state index contributed by atoms with van der Waals surface area (Å²) < 4.78 is 0. The molecule has 1 aromatic rings. The van der Waals surface area contributed by atoms with Gasteiger partial charge in [0.2, 0.25) is 0 Å². The van der Waals surface area contributed by atoms with Crippen molar-refractivity contribution in [3.05, 3.63) is 35.9 Å². The van der Waals surface area contributed by atoms with Gasteiger partial charge in [0, 0.05) is 38.8 Å². The molecule has 18 heavy (non-hydrogen) atoms. The van der Waals surface area contributed by atoms with Crippen molar-refractivity contribution >= 4 is 5.97 Å². The highest BCUT2D eigenvalue weighted by molar-refractivity contribution is 5.71. The largest absolute Gasteiger partial charge is 0.481 e. The average molecular weight is 246 g/mol. The molecule has 96 valence electrons. The van der Waals surface area contributed by atoms with E-state index in [1.807, 2.05) is 6.07 Å².